The van der Waals surface area contributed by atoms with Crippen LogP contribution in [0.4, 0.5) is 5.13 Å². The van der Waals surface area contributed by atoms with Crippen molar-refractivity contribution >= 4 is 56.1 Å². The molecule has 9 heteroatoms. The molecule has 1 amide bonds. The minimum atomic E-state index is -0.00325. The van der Waals surface area contributed by atoms with Crippen molar-refractivity contribution in [3.05, 3.63) is 41.2 Å². The van der Waals surface area contributed by atoms with Crippen molar-refractivity contribution in [2.24, 2.45) is 0 Å². The van der Waals surface area contributed by atoms with Crippen LogP contribution in [0.1, 0.15) is 24.8 Å². The highest BCUT2D eigenvalue weighted by Crippen LogP contribution is 2.34. The minimum absolute atomic E-state index is 0.00325. The van der Waals surface area contributed by atoms with E-state index >= 15 is 0 Å². The Balaban J connectivity index is 1.32. The van der Waals surface area contributed by atoms with Gasteiger partial charge < -0.3 is 10.2 Å². The first kappa shape index (κ1) is 20.4. The average Bonchev–Trinajstić information content (AvgIpc) is 3.19. The average molecular weight is 448 g/mol. The zero-order chi connectivity index (χ0) is 20.1. The first-order chi connectivity index (χ1) is 14.2. The van der Waals surface area contributed by atoms with Gasteiger partial charge in [0.2, 0.25) is 5.91 Å². The van der Waals surface area contributed by atoms with Gasteiger partial charge in [-0.2, -0.15) is 4.98 Å². The predicted octanol–water partition coefficient (Wildman–Crippen LogP) is 4.18. The summed E-state index contributed by atoms with van der Waals surface area (Å²) in [7, 11) is 0. The number of anilines is 1. The molecule has 3 aromatic rings. The van der Waals surface area contributed by atoms with Gasteiger partial charge in [-0.1, -0.05) is 46.8 Å². The summed E-state index contributed by atoms with van der Waals surface area (Å²) in [5, 5.41) is 5.52. The molecule has 1 saturated heterocycles. The number of benzene rings is 1. The first-order valence-electron chi connectivity index (χ1n) is 9.69. The number of nitrogens with zero attached hydrogens (tertiary/aromatic N) is 4. The Labute approximate surface area is 183 Å². The SMILES string of the molecule is O=C(CSc1ncnc2nc(N3CCCCC3)sc12)NCCc1ccc(Cl)cc1. The fourth-order valence-corrected chi connectivity index (χ4v) is 5.33. The molecule has 1 fully saturated rings. The van der Waals surface area contributed by atoms with Crippen molar-refractivity contribution in [3.8, 4) is 0 Å². The van der Waals surface area contributed by atoms with E-state index in [1.54, 1.807) is 11.3 Å². The highest BCUT2D eigenvalue weighted by atomic mass is 35.5. The number of carbonyl (C=O) groups excluding carboxylic acids is 1. The third kappa shape index (κ3) is 5.38. The predicted molar refractivity (Wildman–Crippen MR) is 120 cm³/mol. The molecule has 0 spiro atoms. The van der Waals surface area contributed by atoms with Gasteiger partial charge in [0.15, 0.2) is 10.8 Å². The third-order valence-electron chi connectivity index (χ3n) is 4.76. The van der Waals surface area contributed by atoms with Gasteiger partial charge in [-0.3, -0.25) is 4.79 Å². The van der Waals surface area contributed by atoms with Crippen molar-refractivity contribution in [1.82, 2.24) is 20.3 Å². The molecule has 3 heterocycles. The molecule has 2 aromatic heterocycles. The molecule has 0 saturated carbocycles. The zero-order valence-electron chi connectivity index (χ0n) is 15.9. The fraction of sp³-hybridized carbons (Fsp3) is 0.400. The number of aromatic nitrogens is 3. The lowest BCUT2D eigenvalue weighted by Gasteiger charge is -2.25. The molecule has 0 unspecified atom stereocenters. The Bertz CT molecular complexity index is 973. The second-order valence-corrected chi connectivity index (χ2v) is 9.27. The van der Waals surface area contributed by atoms with Crippen molar-refractivity contribution in [3.63, 3.8) is 0 Å². The molecule has 29 heavy (non-hydrogen) atoms. The number of nitrogens with one attached hydrogen (secondary N) is 1. The molecule has 6 nitrogen and oxygen atoms in total. The number of halogens is 1. The number of fused-ring (bicyclic) bond motifs is 1. The quantitative estimate of drug-likeness (QED) is 0.432. The maximum absolute atomic E-state index is 12.2. The summed E-state index contributed by atoms with van der Waals surface area (Å²) in [6.45, 7) is 2.69. The number of thioether (sulfide) groups is 1. The summed E-state index contributed by atoms with van der Waals surface area (Å²) < 4.78 is 0.965. The Morgan fingerprint density at radius 1 is 1.17 bits per heavy atom. The van der Waals surface area contributed by atoms with Gasteiger partial charge in [-0.15, -0.1) is 0 Å². The lowest BCUT2D eigenvalue weighted by molar-refractivity contribution is -0.118. The first-order valence-corrected chi connectivity index (χ1v) is 11.9. The van der Waals surface area contributed by atoms with E-state index in [4.69, 9.17) is 11.6 Å². The van der Waals surface area contributed by atoms with Crippen LogP contribution < -0.4 is 10.2 Å². The number of rotatable bonds is 7. The maximum Gasteiger partial charge on any atom is 0.230 e. The summed E-state index contributed by atoms with van der Waals surface area (Å²) >= 11 is 8.96. The number of piperidine rings is 1. The maximum atomic E-state index is 12.2. The van der Waals surface area contributed by atoms with Crippen molar-refractivity contribution in [2.75, 3.05) is 30.3 Å². The molecular formula is C20H22ClN5OS2. The van der Waals surface area contributed by atoms with Gasteiger partial charge in [-0.05, 0) is 43.4 Å². The van der Waals surface area contributed by atoms with Crippen molar-refractivity contribution in [2.45, 2.75) is 30.7 Å². The van der Waals surface area contributed by atoms with E-state index in [1.165, 1.54) is 37.4 Å². The highest BCUT2D eigenvalue weighted by molar-refractivity contribution is 8.00. The summed E-state index contributed by atoms with van der Waals surface area (Å²) in [5.74, 6) is 0.320. The Hall–Kier alpha value is -1.90. The number of hydrogen-bond donors (Lipinski definition) is 1. The van der Waals surface area contributed by atoms with E-state index in [9.17, 15) is 4.79 Å². The van der Waals surface area contributed by atoms with E-state index in [1.807, 2.05) is 24.3 Å². The van der Waals surface area contributed by atoms with Crippen LogP contribution in [0.25, 0.3) is 10.3 Å². The minimum Gasteiger partial charge on any atom is -0.355 e. The van der Waals surface area contributed by atoms with E-state index < -0.39 is 0 Å². The highest BCUT2D eigenvalue weighted by Gasteiger charge is 2.18. The smallest absolute Gasteiger partial charge is 0.230 e. The van der Waals surface area contributed by atoms with Crippen LogP contribution in [0.2, 0.25) is 5.02 Å². The summed E-state index contributed by atoms with van der Waals surface area (Å²) in [5.41, 5.74) is 1.87. The van der Waals surface area contributed by atoms with Gasteiger partial charge >= 0.3 is 0 Å². The molecule has 152 valence electrons. The monoisotopic (exact) mass is 447 g/mol. The van der Waals surface area contributed by atoms with Crippen LogP contribution in [0.15, 0.2) is 35.6 Å². The number of carbonyl (C=O) groups is 1. The van der Waals surface area contributed by atoms with Gasteiger partial charge in [-0.25, -0.2) is 9.97 Å². The third-order valence-corrected chi connectivity index (χ3v) is 7.25. The Kier molecular flexibility index (Phi) is 6.84. The molecule has 0 bridgehead atoms. The van der Waals surface area contributed by atoms with Crippen LogP contribution >= 0.6 is 34.7 Å². The second kappa shape index (κ2) is 9.73. The summed E-state index contributed by atoms with van der Waals surface area (Å²) in [6.07, 6.45) is 6.01. The molecule has 0 aliphatic carbocycles. The van der Waals surface area contributed by atoms with E-state index in [0.29, 0.717) is 12.3 Å². The van der Waals surface area contributed by atoms with Crippen LogP contribution in [0.5, 0.6) is 0 Å². The van der Waals surface area contributed by atoms with E-state index in [-0.39, 0.29) is 5.91 Å². The molecule has 0 radical (unpaired) electrons. The van der Waals surface area contributed by atoms with E-state index in [0.717, 1.165) is 50.6 Å². The zero-order valence-corrected chi connectivity index (χ0v) is 18.3. The molecule has 4 rings (SSSR count). The second-order valence-electron chi connectivity index (χ2n) is 6.89. The Morgan fingerprint density at radius 3 is 2.76 bits per heavy atom. The van der Waals surface area contributed by atoms with Crippen LogP contribution in [0.3, 0.4) is 0 Å². The lowest BCUT2D eigenvalue weighted by atomic mass is 10.1. The van der Waals surface area contributed by atoms with Crippen molar-refractivity contribution in [1.29, 1.82) is 0 Å². The Morgan fingerprint density at radius 2 is 1.97 bits per heavy atom. The molecule has 1 aliphatic rings. The molecular weight excluding hydrogens is 426 g/mol. The van der Waals surface area contributed by atoms with Gasteiger partial charge in [0.05, 0.1) is 5.75 Å². The number of thiazole rings is 1. The summed E-state index contributed by atoms with van der Waals surface area (Å²) in [6, 6.07) is 7.68. The number of hydrogen-bond acceptors (Lipinski definition) is 7. The normalized spacial score (nSPS) is 14.3. The van der Waals surface area contributed by atoms with Gasteiger partial charge in [0.25, 0.3) is 0 Å². The van der Waals surface area contributed by atoms with Gasteiger partial charge in [0.1, 0.15) is 16.1 Å². The molecule has 0 atom stereocenters. The number of amides is 1. The van der Waals surface area contributed by atoms with Crippen molar-refractivity contribution < 1.29 is 4.79 Å². The van der Waals surface area contributed by atoms with E-state index in [2.05, 4.69) is 25.2 Å². The van der Waals surface area contributed by atoms with Crippen LogP contribution in [-0.2, 0) is 11.2 Å². The largest absolute Gasteiger partial charge is 0.355 e. The van der Waals surface area contributed by atoms with Crippen LogP contribution in [0, 0.1) is 0 Å². The topological polar surface area (TPSA) is 71.0 Å². The molecule has 1 aliphatic heterocycles. The van der Waals surface area contributed by atoms with Crippen LogP contribution in [-0.4, -0.2) is 46.2 Å². The fourth-order valence-electron chi connectivity index (χ4n) is 3.23. The van der Waals surface area contributed by atoms with Gasteiger partial charge in [0, 0.05) is 24.7 Å². The standard InChI is InChI=1S/C20H22ClN5OS2/c21-15-6-4-14(5-7-15)8-9-22-16(27)12-28-19-17-18(23-13-24-19)25-20(29-17)26-10-2-1-3-11-26/h4-7,13H,1-3,8-12H2,(H,22,27). The summed E-state index contributed by atoms with van der Waals surface area (Å²) in [4.78, 5) is 27.9. The molecule has 1 N–H and O–H groups in total. The lowest BCUT2D eigenvalue weighted by Crippen LogP contribution is -2.29. The molecule has 1 aromatic carbocycles.